The summed E-state index contributed by atoms with van der Waals surface area (Å²) in [5.41, 5.74) is 2.10. The lowest BCUT2D eigenvalue weighted by atomic mass is 10.0. The molecular formula is C17H26FN. The van der Waals surface area contributed by atoms with Gasteiger partial charge in [-0.2, -0.15) is 0 Å². The number of hydrogen-bond donors (Lipinski definition) is 1. The molecule has 2 rings (SSSR count). The fraction of sp³-hybridized carbons (Fsp3) is 0.647. The molecule has 2 heteroatoms. The Kier molecular flexibility index (Phi) is 4.98. The minimum absolute atomic E-state index is 0.0331. The highest BCUT2D eigenvalue weighted by atomic mass is 19.1. The van der Waals surface area contributed by atoms with E-state index in [9.17, 15) is 4.39 Å². The van der Waals surface area contributed by atoms with E-state index in [1.165, 1.54) is 24.8 Å². The third-order valence-corrected chi connectivity index (χ3v) is 4.12. The van der Waals surface area contributed by atoms with Gasteiger partial charge in [0.25, 0.3) is 0 Å². The van der Waals surface area contributed by atoms with Gasteiger partial charge in [0.05, 0.1) is 0 Å². The van der Waals surface area contributed by atoms with Crippen molar-refractivity contribution in [2.45, 2.75) is 65.0 Å². The van der Waals surface area contributed by atoms with Crippen LogP contribution in [0.4, 0.5) is 4.39 Å². The van der Waals surface area contributed by atoms with Gasteiger partial charge in [-0.1, -0.05) is 38.8 Å². The van der Waals surface area contributed by atoms with Gasteiger partial charge >= 0.3 is 0 Å². The van der Waals surface area contributed by atoms with Gasteiger partial charge in [0.1, 0.15) is 5.82 Å². The normalized spacial score (nSPS) is 19.7. The second-order valence-corrected chi connectivity index (χ2v) is 6.29. The molecule has 2 atom stereocenters. The fourth-order valence-corrected chi connectivity index (χ4v) is 3.04. The van der Waals surface area contributed by atoms with E-state index in [-0.39, 0.29) is 5.82 Å². The Morgan fingerprint density at radius 1 is 1.26 bits per heavy atom. The molecular weight excluding hydrogens is 237 g/mol. The Hall–Kier alpha value is -0.890. The van der Waals surface area contributed by atoms with Crippen LogP contribution in [0.1, 0.15) is 63.6 Å². The second kappa shape index (κ2) is 6.51. The Balaban J connectivity index is 1.87. The summed E-state index contributed by atoms with van der Waals surface area (Å²) in [6, 6.07) is 6.34. The predicted octanol–water partition coefficient (Wildman–Crippen LogP) is 4.62. The highest BCUT2D eigenvalue weighted by Crippen LogP contribution is 2.33. The van der Waals surface area contributed by atoms with E-state index < -0.39 is 0 Å². The minimum Gasteiger partial charge on any atom is -0.307 e. The summed E-state index contributed by atoms with van der Waals surface area (Å²) in [6.45, 7) is 6.79. The molecule has 1 nitrogen and oxygen atoms in total. The molecule has 0 fully saturated rings. The molecule has 0 radical (unpaired) electrons. The quantitative estimate of drug-likeness (QED) is 0.790. The van der Waals surface area contributed by atoms with Crippen molar-refractivity contribution in [3.8, 4) is 0 Å². The second-order valence-electron chi connectivity index (χ2n) is 6.29. The summed E-state index contributed by atoms with van der Waals surface area (Å²) in [5.74, 6) is 0.753. The largest absolute Gasteiger partial charge is 0.307 e. The van der Waals surface area contributed by atoms with Gasteiger partial charge in [0.2, 0.25) is 0 Å². The van der Waals surface area contributed by atoms with E-state index in [1.54, 1.807) is 6.07 Å². The summed E-state index contributed by atoms with van der Waals surface area (Å²) >= 11 is 0. The molecule has 0 saturated heterocycles. The van der Waals surface area contributed by atoms with Gasteiger partial charge in [-0.15, -0.1) is 0 Å². The first-order valence-corrected chi connectivity index (χ1v) is 7.61. The summed E-state index contributed by atoms with van der Waals surface area (Å²) in [7, 11) is 0. The number of hydrogen-bond acceptors (Lipinski definition) is 1. The molecule has 1 aliphatic rings. The van der Waals surface area contributed by atoms with Crippen molar-refractivity contribution >= 4 is 0 Å². The number of benzene rings is 1. The van der Waals surface area contributed by atoms with Crippen molar-refractivity contribution in [1.29, 1.82) is 0 Å². The lowest BCUT2D eigenvalue weighted by Crippen LogP contribution is -2.29. The molecule has 1 aliphatic carbocycles. The van der Waals surface area contributed by atoms with E-state index in [4.69, 9.17) is 0 Å². The van der Waals surface area contributed by atoms with E-state index in [0.717, 1.165) is 24.3 Å². The van der Waals surface area contributed by atoms with Crippen molar-refractivity contribution in [2.24, 2.45) is 5.92 Å². The zero-order valence-electron chi connectivity index (χ0n) is 12.4. The maximum Gasteiger partial charge on any atom is 0.126 e. The van der Waals surface area contributed by atoms with Crippen LogP contribution in [-0.4, -0.2) is 6.04 Å². The molecule has 0 aliphatic heterocycles. The number of halogens is 1. The number of nitrogens with one attached hydrogen (secondary N) is 1. The Morgan fingerprint density at radius 2 is 2.05 bits per heavy atom. The van der Waals surface area contributed by atoms with Crippen molar-refractivity contribution in [3.05, 3.63) is 35.1 Å². The first-order chi connectivity index (χ1) is 9.08. The van der Waals surface area contributed by atoms with Gasteiger partial charge in [-0.05, 0) is 49.3 Å². The van der Waals surface area contributed by atoms with E-state index >= 15 is 0 Å². The van der Waals surface area contributed by atoms with Gasteiger partial charge in [-0.3, -0.25) is 0 Å². The Morgan fingerprint density at radius 3 is 2.79 bits per heavy atom. The van der Waals surface area contributed by atoms with Crippen LogP contribution < -0.4 is 5.32 Å². The standard InChI is InChI=1S/C17H26FN/c1-12(2)6-4-7-13(3)19-17-11-10-14-15(17)8-5-9-16(14)18/h5,8-9,12-13,17,19H,4,6-7,10-11H2,1-3H3. The van der Waals surface area contributed by atoms with Gasteiger partial charge in [0, 0.05) is 12.1 Å². The van der Waals surface area contributed by atoms with Gasteiger partial charge in [0.15, 0.2) is 0 Å². The molecule has 19 heavy (non-hydrogen) atoms. The van der Waals surface area contributed by atoms with E-state index in [0.29, 0.717) is 12.1 Å². The average molecular weight is 263 g/mol. The Labute approximate surface area is 116 Å². The molecule has 0 bridgehead atoms. The molecule has 1 aromatic rings. The molecule has 0 amide bonds. The molecule has 0 spiro atoms. The van der Waals surface area contributed by atoms with Crippen molar-refractivity contribution < 1.29 is 4.39 Å². The van der Waals surface area contributed by atoms with Crippen LogP contribution >= 0.6 is 0 Å². The highest BCUT2D eigenvalue weighted by molar-refractivity contribution is 5.35. The predicted molar refractivity (Wildman–Crippen MR) is 78.7 cm³/mol. The average Bonchev–Trinajstić information content (AvgIpc) is 2.73. The van der Waals surface area contributed by atoms with E-state index in [2.05, 4.69) is 32.2 Å². The van der Waals surface area contributed by atoms with Gasteiger partial charge in [-0.25, -0.2) is 4.39 Å². The van der Waals surface area contributed by atoms with Crippen LogP contribution in [0.15, 0.2) is 18.2 Å². The van der Waals surface area contributed by atoms with Crippen molar-refractivity contribution in [2.75, 3.05) is 0 Å². The van der Waals surface area contributed by atoms with Crippen molar-refractivity contribution in [3.63, 3.8) is 0 Å². The van der Waals surface area contributed by atoms with Gasteiger partial charge < -0.3 is 5.32 Å². The topological polar surface area (TPSA) is 12.0 Å². The zero-order valence-corrected chi connectivity index (χ0v) is 12.4. The van der Waals surface area contributed by atoms with Crippen LogP contribution in [0.5, 0.6) is 0 Å². The summed E-state index contributed by atoms with van der Waals surface area (Å²) in [4.78, 5) is 0. The Bertz CT molecular complexity index is 414. The summed E-state index contributed by atoms with van der Waals surface area (Å²) in [5, 5.41) is 3.67. The zero-order chi connectivity index (χ0) is 13.8. The third kappa shape index (κ3) is 3.79. The molecule has 2 unspecified atom stereocenters. The van der Waals surface area contributed by atoms with Crippen LogP contribution in [0.2, 0.25) is 0 Å². The smallest absolute Gasteiger partial charge is 0.126 e. The molecule has 106 valence electrons. The monoisotopic (exact) mass is 263 g/mol. The molecule has 0 saturated carbocycles. The van der Waals surface area contributed by atoms with Crippen LogP contribution in [0.3, 0.4) is 0 Å². The lowest BCUT2D eigenvalue weighted by molar-refractivity contribution is 0.409. The minimum atomic E-state index is -0.0331. The van der Waals surface area contributed by atoms with E-state index in [1.807, 2.05) is 6.07 Å². The maximum absolute atomic E-state index is 13.7. The summed E-state index contributed by atoms with van der Waals surface area (Å²) in [6.07, 6.45) is 5.68. The molecule has 0 aromatic heterocycles. The molecule has 0 heterocycles. The van der Waals surface area contributed by atoms with Crippen LogP contribution in [0.25, 0.3) is 0 Å². The fourth-order valence-electron chi connectivity index (χ4n) is 3.04. The molecule has 1 N–H and O–H groups in total. The first-order valence-electron chi connectivity index (χ1n) is 7.61. The first kappa shape index (κ1) is 14.5. The molecule has 1 aromatic carbocycles. The summed E-state index contributed by atoms with van der Waals surface area (Å²) < 4.78 is 13.7. The lowest BCUT2D eigenvalue weighted by Gasteiger charge is -2.20. The van der Waals surface area contributed by atoms with Crippen molar-refractivity contribution in [1.82, 2.24) is 5.32 Å². The maximum atomic E-state index is 13.7. The van der Waals surface area contributed by atoms with Crippen LogP contribution in [-0.2, 0) is 6.42 Å². The highest BCUT2D eigenvalue weighted by Gasteiger charge is 2.25. The number of rotatable bonds is 6. The SMILES string of the molecule is CC(C)CCCC(C)NC1CCc2c(F)cccc21. The number of fused-ring (bicyclic) bond motifs is 1. The third-order valence-electron chi connectivity index (χ3n) is 4.12. The van der Waals surface area contributed by atoms with Crippen LogP contribution in [0, 0.1) is 11.7 Å².